The highest BCUT2D eigenvalue weighted by molar-refractivity contribution is 8.26. The zero-order valence-corrected chi connectivity index (χ0v) is 25.6. The van der Waals surface area contributed by atoms with Crippen LogP contribution in [0.15, 0.2) is 71.6 Å². The van der Waals surface area contributed by atoms with E-state index in [9.17, 15) is 9.59 Å². The van der Waals surface area contributed by atoms with Gasteiger partial charge in [-0.2, -0.15) is 0 Å². The Bertz CT molecular complexity index is 1480. The molecule has 43 heavy (non-hydrogen) atoms. The number of carboxylic acids is 1. The molecular formula is C33H34N2O6S2. The summed E-state index contributed by atoms with van der Waals surface area (Å²) in [5.74, 6) is 0.398. The average molecular weight is 619 g/mol. The Balaban J connectivity index is 1.34. The van der Waals surface area contributed by atoms with E-state index in [2.05, 4.69) is 4.90 Å². The molecule has 2 fully saturated rings. The van der Waals surface area contributed by atoms with Gasteiger partial charge in [0.1, 0.15) is 22.4 Å². The van der Waals surface area contributed by atoms with Crippen LogP contribution in [-0.2, 0) is 16.0 Å². The molecule has 0 unspecified atom stereocenters. The Kier molecular flexibility index (Phi) is 10.5. The highest BCUT2D eigenvalue weighted by Crippen LogP contribution is 2.36. The number of carbonyl (C=O) groups is 2. The van der Waals surface area contributed by atoms with Gasteiger partial charge in [-0.3, -0.25) is 14.6 Å². The summed E-state index contributed by atoms with van der Waals surface area (Å²) in [6, 6.07) is 20.6. The lowest BCUT2D eigenvalue weighted by atomic mass is 10.0. The van der Waals surface area contributed by atoms with Crippen LogP contribution in [0.2, 0.25) is 0 Å². The lowest BCUT2D eigenvalue weighted by Gasteiger charge is -2.26. The van der Waals surface area contributed by atoms with E-state index in [-0.39, 0.29) is 11.5 Å². The first-order valence-electron chi connectivity index (χ1n) is 14.3. The molecule has 0 aromatic heterocycles. The van der Waals surface area contributed by atoms with Crippen molar-refractivity contribution in [1.82, 2.24) is 9.80 Å². The van der Waals surface area contributed by atoms with Crippen molar-refractivity contribution in [2.75, 3.05) is 52.6 Å². The molecule has 0 saturated carbocycles. The first-order chi connectivity index (χ1) is 20.9. The van der Waals surface area contributed by atoms with Gasteiger partial charge < -0.3 is 19.3 Å². The van der Waals surface area contributed by atoms with Gasteiger partial charge in [-0.15, -0.1) is 0 Å². The number of benzene rings is 3. The molecule has 8 nitrogen and oxygen atoms in total. The summed E-state index contributed by atoms with van der Waals surface area (Å²) in [5.41, 5.74) is 3.99. The van der Waals surface area contributed by atoms with Crippen LogP contribution in [0.4, 0.5) is 0 Å². The predicted octanol–water partition coefficient (Wildman–Crippen LogP) is 5.61. The van der Waals surface area contributed by atoms with Gasteiger partial charge >= 0.3 is 5.97 Å². The number of rotatable bonds is 12. The molecule has 0 spiro atoms. The molecule has 0 atom stereocenters. The Hall–Kier alpha value is -3.70. The molecule has 1 N–H and O–H groups in total. The number of morpholine rings is 1. The molecule has 0 radical (unpaired) electrons. The number of aromatic carboxylic acids is 1. The van der Waals surface area contributed by atoms with Gasteiger partial charge in [-0.05, 0) is 72.5 Å². The van der Waals surface area contributed by atoms with E-state index in [1.54, 1.807) is 29.2 Å². The molecule has 2 saturated heterocycles. The van der Waals surface area contributed by atoms with Crippen molar-refractivity contribution in [1.29, 1.82) is 0 Å². The minimum Gasteiger partial charge on any atom is -0.494 e. The first-order valence-corrected chi connectivity index (χ1v) is 15.5. The second-order valence-electron chi connectivity index (χ2n) is 10.1. The molecule has 2 aliphatic rings. The molecule has 3 aromatic carbocycles. The van der Waals surface area contributed by atoms with Crippen LogP contribution < -0.4 is 9.47 Å². The topological polar surface area (TPSA) is 88.5 Å². The minimum absolute atomic E-state index is 0.150. The third-order valence-electron chi connectivity index (χ3n) is 7.26. The van der Waals surface area contributed by atoms with Gasteiger partial charge in [0.15, 0.2) is 0 Å². The Morgan fingerprint density at radius 2 is 1.72 bits per heavy atom. The molecule has 2 heterocycles. The second kappa shape index (κ2) is 14.7. The van der Waals surface area contributed by atoms with Gasteiger partial charge in [0, 0.05) is 31.7 Å². The fourth-order valence-corrected chi connectivity index (χ4v) is 6.18. The van der Waals surface area contributed by atoms with E-state index in [0.29, 0.717) is 41.2 Å². The van der Waals surface area contributed by atoms with Crippen LogP contribution in [0.5, 0.6) is 11.5 Å². The third kappa shape index (κ3) is 8.03. The SMILES string of the molecule is CCOc1ccc(-c2ccc(OCCN3CCOCC3)c(C=C3SC(=S)N(CCc4ccc(C(=O)O)cc4)C3=O)c2)cc1. The van der Waals surface area contributed by atoms with E-state index in [4.69, 9.17) is 31.5 Å². The fourth-order valence-electron chi connectivity index (χ4n) is 4.88. The lowest BCUT2D eigenvalue weighted by molar-refractivity contribution is -0.122. The maximum Gasteiger partial charge on any atom is 0.335 e. The number of carbonyl (C=O) groups excluding carboxylic acids is 1. The van der Waals surface area contributed by atoms with Crippen LogP contribution in [0.25, 0.3) is 17.2 Å². The maximum atomic E-state index is 13.5. The van der Waals surface area contributed by atoms with Crippen molar-refractivity contribution in [3.8, 4) is 22.6 Å². The zero-order chi connectivity index (χ0) is 30.2. The van der Waals surface area contributed by atoms with Gasteiger partial charge in [0.05, 0.1) is 30.3 Å². The number of hydrogen-bond acceptors (Lipinski definition) is 8. The minimum atomic E-state index is -0.968. The second-order valence-corrected chi connectivity index (χ2v) is 11.8. The number of ether oxygens (including phenoxy) is 3. The summed E-state index contributed by atoms with van der Waals surface area (Å²) in [4.78, 5) is 29.1. The van der Waals surface area contributed by atoms with Crippen LogP contribution in [-0.4, -0.2) is 83.7 Å². The first kappa shape index (κ1) is 30.7. The van der Waals surface area contributed by atoms with Crippen molar-refractivity contribution >= 4 is 46.3 Å². The van der Waals surface area contributed by atoms with Crippen molar-refractivity contribution in [2.45, 2.75) is 13.3 Å². The predicted molar refractivity (Wildman–Crippen MR) is 173 cm³/mol. The molecule has 10 heteroatoms. The largest absolute Gasteiger partial charge is 0.494 e. The molecule has 5 rings (SSSR count). The Labute approximate surface area is 261 Å². The highest BCUT2D eigenvalue weighted by Gasteiger charge is 2.32. The monoisotopic (exact) mass is 618 g/mol. The summed E-state index contributed by atoms with van der Waals surface area (Å²) < 4.78 is 17.8. The van der Waals surface area contributed by atoms with Gasteiger partial charge in [0.2, 0.25) is 0 Å². The number of nitrogens with zero attached hydrogens (tertiary/aromatic N) is 2. The standard InChI is InChI=1S/C33H34N2O6S2/c1-2-40-28-10-7-24(8-11-28)26-9-12-29(41-20-17-34-15-18-39-19-16-34)27(21-26)22-30-31(36)35(33(42)43-30)14-13-23-3-5-25(6-4-23)32(37)38/h3-12,21-22H,2,13-20H2,1H3,(H,37,38). The Morgan fingerprint density at radius 1 is 1.00 bits per heavy atom. The number of thiocarbonyl (C=S) groups is 1. The smallest absolute Gasteiger partial charge is 0.335 e. The quantitative estimate of drug-likeness (QED) is 0.206. The number of amides is 1. The van der Waals surface area contributed by atoms with Crippen molar-refractivity contribution < 1.29 is 28.9 Å². The molecular weight excluding hydrogens is 585 g/mol. The molecule has 0 aliphatic carbocycles. The van der Waals surface area contributed by atoms with Crippen molar-refractivity contribution in [3.05, 3.63) is 88.3 Å². The number of hydrogen-bond donors (Lipinski definition) is 1. The fraction of sp³-hybridized carbons (Fsp3) is 0.303. The van der Waals surface area contributed by atoms with E-state index < -0.39 is 5.97 Å². The van der Waals surface area contributed by atoms with Crippen molar-refractivity contribution in [3.63, 3.8) is 0 Å². The van der Waals surface area contributed by atoms with Crippen molar-refractivity contribution in [2.24, 2.45) is 0 Å². The molecule has 224 valence electrons. The van der Waals surface area contributed by atoms with E-state index in [1.165, 1.54) is 11.8 Å². The summed E-state index contributed by atoms with van der Waals surface area (Å²) in [7, 11) is 0. The van der Waals surface area contributed by atoms with Gasteiger partial charge in [-0.1, -0.05) is 54.3 Å². The summed E-state index contributed by atoms with van der Waals surface area (Å²) in [5, 5.41) is 9.14. The zero-order valence-electron chi connectivity index (χ0n) is 24.0. The van der Waals surface area contributed by atoms with Crippen LogP contribution in [0.1, 0.15) is 28.4 Å². The average Bonchev–Trinajstić information content (AvgIpc) is 3.29. The lowest BCUT2D eigenvalue weighted by Crippen LogP contribution is -2.38. The van der Waals surface area contributed by atoms with E-state index >= 15 is 0 Å². The van der Waals surface area contributed by atoms with Gasteiger partial charge in [-0.25, -0.2) is 4.79 Å². The third-order valence-corrected chi connectivity index (χ3v) is 8.64. The van der Waals surface area contributed by atoms with Gasteiger partial charge in [0.25, 0.3) is 5.91 Å². The molecule has 2 aliphatic heterocycles. The summed E-state index contributed by atoms with van der Waals surface area (Å²) >= 11 is 6.86. The van der Waals surface area contributed by atoms with Crippen LogP contribution >= 0.6 is 24.0 Å². The van der Waals surface area contributed by atoms with E-state index in [1.807, 2.05) is 55.5 Å². The number of thioether (sulfide) groups is 1. The highest BCUT2D eigenvalue weighted by atomic mass is 32.2. The molecule has 1 amide bonds. The Morgan fingerprint density at radius 3 is 2.42 bits per heavy atom. The maximum absolute atomic E-state index is 13.5. The normalized spacial score (nSPS) is 16.6. The molecule has 0 bridgehead atoms. The summed E-state index contributed by atoms with van der Waals surface area (Å²) in [6.45, 7) is 7.52. The van der Waals surface area contributed by atoms with Crippen LogP contribution in [0, 0.1) is 0 Å². The van der Waals surface area contributed by atoms with E-state index in [0.717, 1.165) is 60.9 Å². The number of carboxylic acid groups (broad SMARTS) is 1. The molecule has 3 aromatic rings. The van der Waals surface area contributed by atoms with Crippen LogP contribution in [0.3, 0.4) is 0 Å². The summed E-state index contributed by atoms with van der Waals surface area (Å²) in [6.07, 6.45) is 2.42.